The summed E-state index contributed by atoms with van der Waals surface area (Å²) in [6.07, 6.45) is 0. The van der Waals surface area contributed by atoms with Gasteiger partial charge in [-0.15, -0.1) is 0 Å². The summed E-state index contributed by atoms with van der Waals surface area (Å²) in [4.78, 5) is 40.8. The van der Waals surface area contributed by atoms with Gasteiger partial charge >= 0.3 is 0 Å². The van der Waals surface area contributed by atoms with Crippen molar-refractivity contribution in [2.75, 3.05) is 25.6 Å². The Kier molecular flexibility index (Phi) is 4.40. The highest BCUT2D eigenvalue weighted by atomic mass is 79.9. The summed E-state index contributed by atoms with van der Waals surface area (Å²) in [5.41, 5.74) is 0.164. The van der Waals surface area contributed by atoms with Gasteiger partial charge in [0.05, 0.1) is 25.0 Å². The van der Waals surface area contributed by atoms with Crippen molar-refractivity contribution < 1.29 is 19.1 Å². The molecule has 0 saturated carbocycles. The average Bonchev–Trinajstić information content (AvgIpc) is 3.20. The fraction of sp³-hybridized carbons (Fsp3) is 0.526. The highest BCUT2D eigenvalue weighted by Gasteiger charge is 2.70. The first kappa shape index (κ1) is 18.6. The van der Waals surface area contributed by atoms with Crippen molar-refractivity contribution in [3.05, 3.63) is 28.2 Å². The van der Waals surface area contributed by atoms with Crippen LogP contribution in [0.3, 0.4) is 0 Å². The van der Waals surface area contributed by atoms with E-state index in [9.17, 15) is 14.4 Å². The Balaban J connectivity index is 1.86. The van der Waals surface area contributed by atoms with Gasteiger partial charge in [0.1, 0.15) is 5.54 Å². The maximum absolute atomic E-state index is 13.3. The number of carbonyl (C=O) groups excluding carboxylic acids is 3. The van der Waals surface area contributed by atoms with Crippen LogP contribution < -0.4 is 10.6 Å². The predicted octanol–water partition coefficient (Wildman–Crippen LogP) is 1.47. The third-order valence-corrected chi connectivity index (χ3v) is 6.43. The van der Waals surface area contributed by atoms with Crippen molar-refractivity contribution in [1.82, 2.24) is 10.2 Å². The number of imide groups is 1. The zero-order valence-corrected chi connectivity index (χ0v) is 17.0. The number of hydrogen-bond donors (Lipinski definition) is 2. The second kappa shape index (κ2) is 6.39. The Morgan fingerprint density at radius 1 is 1.26 bits per heavy atom. The number of fused-ring (bicyclic) bond motifs is 4. The highest BCUT2D eigenvalue weighted by molar-refractivity contribution is 9.10. The molecule has 2 saturated heterocycles. The number of amides is 3. The molecule has 2 fully saturated rings. The second-order valence-electron chi connectivity index (χ2n) is 7.69. The molecule has 4 atom stereocenters. The molecule has 0 aromatic heterocycles. The van der Waals surface area contributed by atoms with E-state index in [1.807, 2.05) is 32.0 Å². The molecule has 27 heavy (non-hydrogen) atoms. The SMILES string of the molecule is COCCN1C(=O)[C@@H]2C(C(C)C)NC3(C(=O)Nc4ccc(Br)cc43)[C@@H]2C1=O. The monoisotopic (exact) mass is 435 g/mol. The number of rotatable bonds is 4. The topological polar surface area (TPSA) is 87.7 Å². The molecule has 2 unspecified atom stereocenters. The highest BCUT2D eigenvalue weighted by Crippen LogP contribution is 2.54. The first-order valence-corrected chi connectivity index (χ1v) is 9.85. The first-order chi connectivity index (χ1) is 12.8. The number of halogens is 1. The standard InChI is InChI=1S/C19H22BrN3O4/c1-9(2)15-13-14(17(25)23(16(13)24)6-7-27-3)19(22-15)11-8-10(20)4-5-12(11)21-18(19)26/h4-5,8-9,13-15,22H,6-7H2,1-3H3,(H,21,26)/t13-,14-,15?,19?/m0/s1. The van der Waals surface area contributed by atoms with Crippen molar-refractivity contribution >= 4 is 39.3 Å². The van der Waals surface area contributed by atoms with Crippen molar-refractivity contribution in [1.29, 1.82) is 0 Å². The van der Waals surface area contributed by atoms with Crippen LogP contribution in [-0.4, -0.2) is 48.9 Å². The lowest BCUT2D eigenvalue weighted by molar-refractivity contribution is -0.143. The van der Waals surface area contributed by atoms with E-state index in [0.29, 0.717) is 5.69 Å². The molecule has 3 amide bonds. The molecule has 8 heteroatoms. The molecule has 1 spiro atoms. The third-order valence-electron chi connectivity index (χ3n) is 5.94. The molecule has 3 aliphatic rings. The summed E-state index contributed by atoms with van der Waals surface area (Å²) in [7, 11) is 1.53. The largest absolute Gasteiger partial charge is 0.383 e. The van der Waals surface area contributed by atoms with Gasteiger partial charge in [-0.2, -0.15) is 0 Å². The number of nitrogens with zero attached hydrogens (tertiary/aromatic N) is 1. The van der Waals surface area contributed by atoms with Crippen molar-refractivity contribution in [2.24, 2.45) is 17.8 Å². The quantitative estimate of drug-likeness (QED) is 0.699. The molecule has 0 bridgehead atoms. The minimum Gasteiger partial charge on any atom is -0.383 e. The van der Waals surface area contributed by atoms with E-state index in [0.717, 1.165) is 10.0 Å². The van der Waals surface area contributed by atoms with Gasteiger partial charge in [0, 0.05) is 28.9 Å². The maximum Gasteiger partial charge on any atom is 0.250 e. The Hall–Kier alpha value is -1.77. The minimum absolute atomic E-state index is 0.0833. The van der Waals surface area contributed by atoms with Crippen LogP contribution in [0.15, 0.2) is 22.7 Å². The van der Waals surface area contributed by atoms with E-state index in [4.69, 9.17) is 4.74 Å². The molecule has 1 aromatic carbocycles. The maximum atomic E-state index is 13.3. The zero-order chi connectivity index (χ0) is 19.5. The summed E-state index contributed by atoms with van der Waals surface area (Å²) in [6.45, 7) is 4.48. The second-order valence-corrected chi connectivity index (χ2v) is 8.61. The fourth-order valence-electron chi connectivity index (χ4n) is 4.74. The van der Waals surface area contributed by atoms with Gasteiger partial charge in [0.15, 0.2) is 0 Å². The third kappa shape index (κ3) is 2.43. The van der Waals surface area contributed by atoms with Crippen LogP contribution in [0.1, 0.15) is 19.4 Å². The summed E-state index contributed by atoms with van der Waals surface area (Å²) in [6, 6.07) is 5.25. The molecule has 7 nitrogen and oxygen atoms in total. The van der Waals surface area contributed by atoms with Gasteiger partial charge in [0.25, 0.3) is 0 Å². The van der Waals surface area contributed by atoms with Gasteiger partial charge in [-0.25, -0.2) is 0 Å². The normalized spacial score (nSPS) is 31.8. The lowest BCUT2D eigenvalue weighted by Gasteiger charge is -2.30. The van der Waals surface area contributed by atoms with Gasteiger partial charge in [-0.1, -0.05) is 29.8 Å². The molecule has 0 aliphatic carbocycles. The zero-order valence-electron chi connectivity index (χ0n) is 15.4. The summed E-state index contributed by atoms with van der Waals surface area (Å²) in [5, 5.41) is 6.30. The van der Waals surface area contributed by atoms with Crippen LogP contribution in [0.4, 0.5) is 5.69 Å². The number of methoxy groups -OCH3 is 1. The number of ether oxygens (including phenoxy) is 1. The number of anilines is 1. The lowest BCUT2D eigenvalue weighted by Crippen LogP contribution is -2.54. The van der Waals surface area contributed by atoms with Gasteiger partial charge in [-0.05, 0) is 24.1 Å². The van der Waals surface area contributed by atoms with Crippen LogP contribution >= 0.6 is 15.9 Å². The minimum atomic E-state index is -1.23. The number of likely N-dealkylation sites (tertiary alicyclic amines) is 1. The Morgan fingerprint density at radius 2 is 2.00 bits per heavy atom. The molecule has 1 aromatic rings. The molecule has 144 valence electrons. The fourth-order valence-corrected chi connectivity index (χ4v) is 5.10. The molecular formula is C19H22BrN3O4. The van der Waals surface area contributed by atoms with Crippen molar-refractivity contribution in [2.45, 2.75) is 25.4 Å². The van der Waals surface area contributed by atoms with E-state index in [1.165, 1.54) is 12.0 Å². The summed E-state index contributed by atoms with van der Waals surface area (Å²) < 4.78 is 5.88. The van der Waals surface area contributed by atoms with E-state index < -0.39 is 17.4 Å². The number of nitrogens with one attached hydrogen (secondary N) is 2. The number of hydrogen-bond acceptors (Lipinski definition) is 5. The lowest BCUT2D eigenvalue weighted by atomic mass is 9.76. The van der Waals surface area contributed by atoms with Crippen LogP contribution in [0.2, 0.25) is 0 Å². The smallest absolute Gasteiger partial charge is 0.250 e. The Bertz CT molecular complexity index is 842. The van der Waals surface area contributed by atoms with Crippen LogP contribution in [0.5, 0.6) is 0 Å². The molecule has 2 N–H and O–H groups in total. The Labute approximate surface area is 165 Å². The van der Waals surface area contributed by atoms with Crippen molar-refractivity contribution in [3.63, 3.8) is 0 Å². The first-order valence-electron chi connectivity index (χ1n) is 9.06. The van der Waals surface area contributed by atoms with E-state index in [-0.39, 0.29) is 42.8 Å². The number of carbonyl (C=O) groups is 3. The predicted molar refractivity (Wildman–Crippen MR) is 102 cm³/mol. The van der Waals surface area contributed by atoms with Gasteiger partial charge in [0.2, 0.25) is 17.7 Å². The molecular weight excluding hydrogens is 414 g/mol. The summed E-state index contributed by atoms with van der Waals surface area (Å²) in [5.74, 6) is -2.04. The molecule has 0 radical (unpaired) electrons. The van der Waals surface area contributed by atoms with E-state index in [2.05, 4.69) is 26.6 Å². The van der Waals surface area contributed by atoms with Gasteiger partial charge < -0.3 is 10.1 Å². The average molecular weight is 436 g/mol. The molecule has 3 heterocycles. The van der Waals surface area contributed by atoms with Crippen molar-refractivity contribution in [3.8, 4) is 0 Å². The van der Waals surface area contributed by atoms with Gasteiger partial charge in [-0.3, -0.25) is 24.6 Å². The van der Waals surface area contributed by atoms with Crippen LogP contribution in [0, 0.1) is 17.8 Å². The van der Waals surface area contributed by atoms with E-state index >= 15 is 0 Å². The van der Waals surface area contributed by atoms with E-state index in [1.54, 1.807) is 0 Å². The molecule has 3 aliphatic heterocycles. The Morgan fingerprint density at radius 3 is 2.67 bits per heavy atom. The van der Waals surface area contributed by atoms with Crippen LogP contribution in [0.25, 0.3) is 0 Å². The summed E-state index contributed by atoms with van der Waals surface area (Å²) >= 11 is 3.46. The van der Waals surface area contributed by atoms with Crippen LogP contribution in [-0.2, 0) is 24.7 Å². The molecule has 4 rings (SSSR count). The number of benzene rings is 1.